The molecule has 0 saturated carbocycles. The Morgan fingerprint density at radius 3 is 2.37 bits per heavy atom. The van der Waals surface area contributed by atoms with Crippen molar-refractivity contribution in [2.24, 2.45) is 0 Å². The zero-order valence-electron chi connectivity index (χ0n) is 23.2. The van der Waals surface area contributed by atoms with Gasteiger partial charge in [0.05, 0.1) is 18.6 Å². The maximum atomic E-state index is 13.2. The number of oxazole rings is 1. The van der Waals surface area contributed by atoms with Crippen molar-refractivity contribution < 1.29 is 36.7 Å². The van der Waals surface area contributed by atoms with Crippen LogP contribution in [0.2, 0.25) is 0 Å². The van der Waals surface area contributed by atoms with Crippen LogP contribution in [0.4, 0.5) is 9.59 Å². The van der Waals surface area contributed by atoms with Gasteiger partial charge < -0.3 is 19.4 Å². The first-order chi connectivity index (χ1) is 19.5. The van der Waals surface area contributed by atoms with Crippen molar-refractivity contribution in [2.45, 2.75) is 31.6 Å². The summed E-state index contributed by atoms with van der Waals surface area (Å²) in [7, 11) is 0.196. The molecule has 0 radical (unpaired) electrons. The molecular weight excluding hydrogens is 554 g/mol. The molecule has 14 heteroatoms. The standard InChI is InChI=1S/C27H33N5O8S/c1-5-6-15-32(25(34)24-28-19-12-8-10-14-22(19)40-24)27(36)30-23(33)20(29-26(35)31(2)3)17-41(37,38)16-18-11-7-9-13-21(18)39-4/h7-14,20H,5-6,15-17H2,1-4H3,(H,29,35)(H,30,33,36). The molecule has 0 spiro atoms. The Kier molecular flexibility index (Phi) is 10.4. The van der Waals surface area contributed by atoms with Crippen LogP contribution >= 0.6 is 0 Å². The lowest BCUT2D eigenvalue weighted by molar-refractivity contribution is -0.121. The zero-order valence-corrected chi connectivity index (χ0v) is 24.1. The van der Waals surface area contributed by atoms with Crippen LogP contribution < -0.4 is 15.4 Å². The summed E-state index contributed by atoms with van der Waals surface area (Å²) in [5.74, 6) is -3.29. The Morgan fingerprint density at radius 2 is 1.71 bits per heavy atom. The number of carbonyl (C=O) groups excluding carboxylic acids is 4. The molecule has 13 nitrogen and oxygen atoms in total. The van der Waals surface area contributed by atoms with Gasteiger partial charge in [-0.1, -0.05) is 43.7 Å². The number of para-hydroxylation sites is 3. The second-order valence-electron chi connectivity index (χ2n) is 9.35. The monoisotopic (exact) mass is 587 g/mol. The summed E-state index contributed by atoms with van der Waals surface area (Å²) in [4.78, 5) is 58.0. The molecule has 1 unspecified atom stereocenters. The number of unbranched alkanes of at least 4 members (excludes halogenated alkanes) is 1. The lowest BCUT2D eigenvalue weighted by atomic mass is 10.2. The van der Waals surface area contributed by atoms with E-state index >= 15 is 0 Å². The van der Waals surface area contributed by atoms with Gasteiger partial charge in [-0.05, 0) is 24.6 Å². The highest BCUT2D eigenvalue weighted by Gasteiger charge is 2.33. The highest BCUT2D eigenvalue weighted by Crippen LogP contribution is 2.21. The Balaban J connectivity index is 1.82. The number of methoxy groups -OCH3 is 1. The summed E-state index contributed by atoms with van der Waals surface area (Å²) < 4.78 is 36.9. The number of hydrogen-bond acceptors (Lipinski definition) is 9. The summed E-state index contributed by atoms with van der Waals surface area (Å²) in [6, 6.07) is 9.64. The van der Waals surface area contributed by atoms with Crippen LogP contribution in [0.15, 0.2) is 52.9 Å². The van der Waals surface area contributed by atoms with Crippen molar-refractivity contribution in [2.75, 3.05) is 33.5 Å². The van der Waals surface area contributed by atoms with E-state index in [1.54, 1.807) is 48.5 Å². The number of sulfone groups is 1. The highest BCUT2D eigenvalue weighted by atomic mass is 32.2. The number of nitrogens with one attached hydrogen (secondary N) is 2. The molecule has 41 heavy (non-hydrogen) atoms. The molecule has 0 aliphatic heterocycles. The van der Waals surface area contributed by atoms with Gasteiger partial charge in [-0.3, -0.25) is 19.8 Å². The fourth-order valence-corrected chi connectivity index (χ4v) is 5.36. The average Bonchev–Trinajstić information content (AvgIpc) is 3.37. The molecule has 3 aromatic rings. The molecule has 0 aliphatic rings. The summed E-state index contributed by atoms with van der Waals surface area (Å²) in [5, 5.41) is 4.39. The molecular formula is C27H33N5O8S. The summed E-state index contributed by atoms with van der Waals surface area (Å²) in [5.41, 5.74) is 1.11. The smallest absolute Gasteiger partial charge is 0.331 e. The number of amides is 6. The number of ether oxygens (including phenoxy) is 1. The summed E-state index contributed by atoms with van der Waals surface area (Å²) in [6.07, 6.45) is 1.04. The van der Waals surface area contributed by atoms with Crippen molar-refractivity contribution >= 4 is 44.8 Å². The second-order valence-corrected chi connectivity index (χ2v) is 11.5. The van der Waals surface area contributed by atoms with E-state index in [-0.39, 0.29) is 12.4 Å². The third kappa shape index (κ3) is 8.27. The molecule has 0 fully saturated rings. The molecule has 0 saturated heterocycles. The molecule has 0 bridgehead atoms. The third-order valence-corrected chi connectivity index (χ3v) is 7.53. The third-order valence-electron chi connectivity index (χ3n) is 5.94. The number of urea groups is 2. The maximum absolute atomic E-state index is 13.2. The molecule has 2 aromatic carbocycles. The molecule has 3 rings (SSSR count). The van der Waals surface area contributed by atoms with Crippen molar-refractivity contribution in [3.05, 3.63) is 60.0 Å². The molecule has 1 heterocycles. The first-order valence-corrected chi connectivity index (χ1v) is 14.6. The topological polar surface area (TPSA) is 168 Å². The summed E-state index contributed by atoms with van der Waals surface area (Å²) in [6.45, 7) is 1.79. The normalized spacial score (nSPS) is 11.9. The number of nitrogens with zero attached hydrogens (tertiary/aromatic N) is 3. The van der Waals surface area contributed by atoms with E-state index in [2.05, 4.69) is 15.6 Å². The van der Waals surface area contributed by atoms with E-state index in [1.165, 1.54) is 21.2 Å². The van der Waals surface area contributed by atoms with Gasteiger partial charge in [0.2, 0.25) is 0 Å². The predicted molar refractivity (Wildman–Crippen MR) is 150 cm³/mol. The van der Waals surface area contributed by atoms with Crippen LogP contribution in [0, 0.1) is 0 Å². The SMILES string of the molecule is CCCCN(C(=O)NC(=O)C(CS(=O)(=O)Cc1ccccc1OC)NC(=O)N(C)C)C(=O)c1nc2ccccc2o1. The Hall–Kier alpha value is -4.46. The van der Waals surface area contributed by atoms with Crippen LogP contribution in [-0.4, -0.2) is 86.6 Å². The van der Waals surface area contributed by atoms with Crippen LogP contribution in [0.5, 0.6) is 5.75 Å². The lowest BCUT2D eigenvalue weighted by Crippen LogP contribution is -2.56. The number of imide groups is 2. The molecule has 1 aromatic heterocycles. The van der Waals surface area contributed by atoms with Gasteiger partial charge in [0.1, 0.15) is 17.3 Å². The van der Waals surface area contributed by atoms with Gasteiger partial charge in [0, 0.05) is 26.2 Å². The molecule has 0 aliphatic carbocycles. The Labute approximate surface area is 237 Å². The fraction of sp³-hybridized carbons (Fsp3) is 0.370. The zero-order chi connectivity index (χ0) is 30.2. The van der Waals surface area contributed by atoms with E-state index < -0.39 is 51.3 Å². The van der Waals surface area contributed by atoms with Crippen LogP contribution in [0.25, 0.3) is 11.1 Å². The number of aromatic nitrogens is 1. The minimum Gasteiger partial charge on any atom is -0.496 e. The lowest BCUT2D eigenvalue weighted by Gasteiger charge is -2.23. The van der Waals surface area contributed by atoms with Crippen LogP contribution in [0.3, 0.4) is 0 Å². The first kappa shape index (κ1) is 31.1. The number of fused-ring (bicyclic) bond motifs is 1. The van der Waals surface area contributed by atoms with Gasteiger partial charge in [-0.2, -0.15) is 0 Å². The minimum atomic E-state index is -4.02. The number of carbonyl (C=O) groups is 4. The van der Waals surface area contributed by atoms with E-state index in [4.69, 9.17) is 9.15 Å². The first-order valence-electron chi connectivity index (χ1n) is 12.8. The van der Waals surface area contributed by atoms with Gasteiger partial charge in [0.25, 0.3) is 11.8 Å². The van der Waals surface area contributed by atoms with Crippen molar-refractivity contribution in [1.82, 2.24) is 25.4 Å². The van der Waals surface area contributed by atoms with E-state index in [0.717, 1.165) is 9.80 Å². The van der Waals surface area contributed by atoms with Gasteiger partial charge in [0.15, 0.2) is 15.4 Å². The van der Waals surface area contributed by atoms with Gasteiger partial charge in [-0.25, -0.2) is 23.0 Å². The molecule has 6 amide bonds. The van der Waals surface area contributed by atoms with Gasteiger partial charge >= 0.3 is 18.0 Å². The van der Waals surface area contributed by atoms with Crippen molar-refractivity contribution in [3.8, 4) is 5.75 Å². The van der Waals surface area contributed by atoms with Crippen molar-refractivity contribution in [1.29, 1.82) is 0 Å². The fourth-order valence-electron chi connectivity index (χ4n) is 3.78. The molecule has 1 atom stereocenters. The number of hydrogen-bond donors (Lipinski definition) is 2. The van der Waals surface area contributed by atoms with Crippen LogP contribution in [0.1, 0.15) is 36.0 Å². The Morgan fingerprint density at radius 1 is 1.02 bits per heavy atom. The highest BCUT2D eigenvalue weighted by molar-refractivity contribution is 7.90. The van der Waals surface area contributed by atoms with E-state index in [1.807, 2.05) is 6.92 Å². The number of benzene rings is 2. The number of rotatable bonds is 11. The molecule has 220 valence electrons. The average molecular weight is 588 g/mol. The van der Waals surface area contributed by atoms with E-state index in [9.17, 15) is 27.6 Å². The van der Waals surface area contributed by atoms with Crippen molar-refractivity contribution in [3.63, 3.8) is 0 Å². The van der Waals surface area contributed by atoms with Gasteiger partial charge in [-0.15, -0.1) is 0 Å². The molecule has 2 N–H and O–H groups in total. The Bertz CT molecular complexity index is 1490. The minimum absolute atomic E-state index is 0.0615. The quantitative estimate of drug-likeness (QED) is 0.342. The maximum Gasteiger partial charge on any atom is 0.331 e. The van der Waals surface area contributed by atoms with E-state index in [0.29, 0.717) is 35.3 Å². The predicted octanol–water partition coefficient (Wildman–Crippen LogP) is 2.57. The van der Waals surface area contributed by atoms with Crippen LogP contribution in [-0.2, 0) is 20.4 Å². The summed E-state index contributed by atoms with van der Waals surface area (Å²) >= 11 is 0. The second kappa shape index (κ2) is 13.7. The largest absolute Gasteiger partial charge is 0.496 e.